The van der Waals surface area contributed by atoms with E-state index in [0.717, 1.165) is 17.5 Å². The van der Waals surface area contributed by atoms with Crippen molar-refractivity contribution in [2.24, 2.45) is 5.92 Å². The number of benzene rings is 2. The number of methoxy groups -OCH3 is 3. The minimum Gasteiger partial charge on any atom is -0.493 e. The van der Waals surface area contributed by atoms with Gasteiger partial charge in [0.2, 0.25) is 11.7 Å². The molecule has 1 fully saturated rings. The number of likely N-dealkylation sites (tertiary alicyclic amines) is 1. The van der Waals surface area contributed by atoms with Gasteiger partial charge in [0.1, 0.15) is 0 Å². The average molecular weight is 441 g/mol. The summed E-state index contributed by atoms with van der Waals surface area (Å²) >= 11 is 0. The number of hydrogen-bond acceptors (Lipinski definition) is 5. The van der Waals surface area contributed by atoms with E-state index in [0.29, 0.717) is 42.4 Å². The molecule has 2 atom stereocenters. The number of rotatable bonds is 8. The maximum absolute atomic E-state index is 13.2. The van der Waals surface area contributed by atoms with E-state index in [1.165, 1.54) is 0 Å². The van der Waals surface area contributed by atoms with Gasteiger partial charge in [-0.25, -0.2) is 0 Å². The normalized spacial score (nSPS) is 17.7. The fourth-order valence-electron chi connectivity index (χ4n) is 4.15. The molecule has 1 saturated heterocycles. The molecule has 1 heterocycles. The Morgan fingerprint density at radius 2 is 1.62 bits per heavy atom. The van der Waals surface area contributed by atoms with E-state index in [2.05, 4.69) is 5.32 Å². The summed E-state index contributed by atoms with van der Waals surface area (Å²) in [4.78, 5) is 28.0. The molecule has 2 unspecified atom stereocenters. The third kappa shape index (κ3) is 4.82. The van der Waals surface area contributed by atoms with Crippen molar-refractivity contribution in [1.82, 2.24) is 10.2 Å². The zero-order valence-electron chi connectivity index (χ0n) is 19.4. The van der Waals surface area contributed by atoms with Crippen molar-refractivity contribution in [2.75, 3.05) is 41.0 Å². The van der Waals surface area contributed by atoms with Gasteiger partial charge >= 0.3 is 0 Å². The Kier molecular flexibility index (Phi) is 7.62. The first-order chi connectivity index (χ1) is 15.4. The lowest BCUT2D eigenvalue weighted by Gasteiger charge is -2.21. The Morgan fingerprint density at radius 1 is 1.00 bits per heavy atom. The Labute approximate surface area is 189 Å². The van der Waals surface area contributed by atoms with Gasteiger partial charge in [0.15, 0.2) is 11.5 Å². The molecule has 2 aromatic rings. The van der Waals surface area contributed by atoms with E-state index in [4.69, 9.17) is 14.2 Å². The molecule has 3 rings (SSSR count). The minimum atomic E-state index is -0.376. The van der Waals surface area contributed by atoms with E-state index in [9.17, 15) is 9.59 Å². The van der Waals surface area contributed by atoms with Gasteiger partial charge in [-0.2, -0.15) is 0 Å². The summed E-state index contributed by atoms with van der Waals surface area (Å²) in [5.74, 6) is 0.846. The summed E-state index contributed by atoms with van der Waals surface area (Å²) in [5, 5.41) is 3.00. The number of amides is 2. The quantitative estimate of drug-likeness (QED) is 0.681. The second-order valence-electron chi connectivity index (χ2n) is 8.04. The molecule has 1 N–H and O–H groups in total. The second kappa shape index (κ2) is 10.4. The van der Waals surface area contributed by atoms with Gasteiger partial charge in [-0.3, -0.25) is 9.59 Å². The smallest absolute Gasteiger partial charge is 0.253 e. The molecule has 0 saturated carbocycles. The van der Waals surface area contributed by atoms with Crippen LogP contribution < -0.4 is 19.5 Å². The Bertz CT molecular complexity index is 932. The lowest BCUT2D eigenvalue weighted by Crippen LogP contribution is -2.36. The first-order valence-electron chi connectivity index (χ1n) is 10.9. The Balaban J connectivity index is 1.96. The zero-order valence-corrected chi connectivity index (χ0v) is 19.4. The van der Waals surface area contributed by atoms with Crippen LogP contribution in [0.25, 0.3) is 0 Å². The molecule has 0 aromatic heterocycles. The molecule has 7 heteroatoms. The van der Waals surface area contributed by atoms with Crippen LogP contribution in [0, 0.1) is 12.8 Å². The highest BCUT2D eigenvalue weighted by Gasteiger charge is 2.41. The molecule has 1 aliphatic rings. The van der Waals surface area contributed by atoms with Crippen LogP contribution in [0.2, 0.25) is 0 Å². The highest BCUT2D eigenvalue weighted by Crippen LogP contribution is 2.43. The van der Waals surface area contributed by atoms with Crippen LogP contribution >= 0.6 is 0 Å². The van der Waals surface area contributed by atoms with Gasteiger partial charge in [-0.15, -0.1) is 0 Å². The van der Waals surface area contributed by atoms with Crippen molar-refractivity contribution in [2.45, 2.75) is 26.2 Å². The van der Waals surface area contributed by atoms with Crippen LogP contribution in [0.1, 0.15) is 40.7 Å². The van der Waals surface area contributed by atoms with Gasteiger partial charge in [0, 0.05) is 31.1 Å². The molecule has 7 nitrogen and oxygen atoms in total. The molecule has 0 aliphatic carbocycles. The van der Waals surface area contributed by atoms with Crippen LogP contribution in [0.5, 0.6) is 17.2 Å². The molecule has 0 radical (unpaired) electrons. The molecule has 172 valence electrons. The van der Waals surface area contributed by atoms with Crippen LogP contribution in [0.4, 0.5) is 0 Å². The lowest BCUT2D eigenvalue weighted by molar-refractivity contribution is -0.124. The fourth-order valence-corrected chi connectivity index (χ4v) is 4.15. The number of aryl methyl sites for hydroxylation is 1. The minimum absolute atomic E-state index is 0.0511. The largest absolute Gasteiger partial charge is 0.493 e. The highest BCUT2D eigenvalue weighted by atomic mass is 16.5. The molecule has 1 aliphatic heterocycles. The molecular weight excluding hydrogens is 408 g/mol. The lowest BCUT2D eigenvalue weighted by atomic mass is 9.88. The third-order valence-electron chi connectivity index (χ3n) is 5.91. The summed E-state index contributed by atoms with van der Waals surface area (Å²) in [6.07, 6.45) is 0.847. The standard InChI is InChI=1S/C25H32N2O5/c1-6-11-26-24(28)20-15-27(25(29)17-9-7-16(2)8-10-17)14-19(20)18-12-21(30-3)23(32-5)22(13-18)31-4/h7-10,12-13,19-20H,6,11,14-15H2,1-5H3,(H,26,28). The van der Waals surface area contributed by atoms with Gasteiger partial charge in [0.05, 0.1) is 27.2 Å². The number of carbonyl (C=O) groups excluding carboxylic acids is 2. The number of hydrogen-bond donors (Lipinski definition) is 1. The number of nitrogens with one attached hydrogen (secondary N) is 1. The van der Waals surface area contributed by atoms with E-state index in [1.54, 1.807) is 26.2 Å². The van der Waals surface area contributed by atoms with Gasteiger partial charge in [0.25, 0.3) is 5.91 Å². The van der Waals surface area contributed by atoms with Gasteiger partial charge in [-0.1, -0.05) is 24.6 Å². The topological polar surface area (TPSA) is 77.1 Å². The summed E-state index contributed by atoms with van der Waals surface area (Å²) in [6, 6.07) is 11.2. The highest BCUT2D eigenvalue weighted by molar-refractivity contribution is 5.95. The maximum Gasteiger partial charge on any atom is 0.253 e. The molecule has 2 aromatic carbocycles. The molecule has 32 heavy (non-hydrogen) atoms. The molecule has 0 spiro atoms. The first-order valence-corrected chi connectivity index (χ1v) is 10.9. The summed E-state index contributed by atoms with van der Waals surface area (Å²) in [7, 11) is 4.68. The third-order valence-corrected chi connectivity index (χ3v) is 5.91. The summed E-state index contributed by atoms with van der Waals surface area (Å²) in [5.41, 5.74) is 2.58. The molecule has 0 bridgehead atoms. The summed E-state index contributed by atoms with van der Waals surface area (Å²) < 4.78 is 16.5. The molecular formula is C25H32N2O5. The fraction of sp³-hybridized carbons (Fsp3) is 0.440. The SMILES string of the molecule is CCCNC(=O)C1CN(C(=O)c2ccc(C)cc2)CC1c1cc(OC)c(OC)c(OC)c1. The van der Waals surface area contributed by atoms with E-state index >= 15 is 0 Å². The predicted octanol–water partition coefficient (Wildman–Crippen LogP) is 3.40. The van der Waals surface area contributed by atoms with Crippen molar-refractivity contribution in [3.63, 3.8) is 0 Å². The maximum atomic E-state index is 13.2. The number of nitrogens with zero attached hydrogens (tertiary/aromatic N) is 1. The zero-order chi connectivity index (χ0) is 23.3. The van der Waals surface area contributed by atoms with Crippen molar-refractivity contribution < 1.29 is 23.8 Å². The van der Waals surface area contributed by atoms with E-state index < -0.39 is 0 Å². The summed E-state index contributed by atoms with van der Waals surface area (Å²) in [6.45, 7) is 5.37. The monoisotopic (exact) mass is 440 g/mol. The Hall–Kier alpha value is -3.22. The van der Waals surface area contributed by atoms with Crippen LogP contribution in [-0.2, 0) is 4.79 Å². The number of ether oxygens (including phenoxy) is 3. The first kappa shape index (κ1) is 23.4. The average Bonchev–Trinajstić information content (AvgIpc) is 3.27. The van der Waals surface area contributed by atoms with Crippen molar-refractivity contribution in [3.8, 4) is 17.2 Å². The van der Waals surface area contributed by atoms with Crippen LogP contribution in [0.3, 0.4) is 0 Å². The van der Waals surface area contributed by atoms with E-state index in [-0.39, 0.29) is 23.7 Å². The van der Waals surface area contributed by atoms with Crippen LogP contribution in [0.15, 0.2) is 36.4 Å². The van der Waals surface area contributed by atoms with Crippen molar-refractivity contribution >= 4 is 11.8 Å². The molecule has 2 amide bonds. The van der Waals surface area contributed by atoms with Crippen molar-refractivity contribution in [3.05, 3.63) is 53.1 Å². The Morgan fingerprint density at radius 3 is 2.16 bits per heavy atom. The van der Waals surface area contributed by atoms with Crippen LogP contribution in [-0.4, -0.2) is 57.7 Å². The van der Waals surface area contributed by atoms with E-state index in [1.807, 2.05) is 50.2 Å². The van der Waals surface area contributed by atoms with Gasteiger partial charge in [-0.05, 0) is 43.2 Å². The predicted molar refractivity (Wildman–Crippen MR) is 123 cm³/mol. The number of carbonyl (C=O) groups is 2. The van der Waals surface area contributed by atoms with Crippen molar-refractivity contribution in [1.29, 1.82) is 0 Å². The second-order valence-corrected chi connectivity index (χ2v) is 8.04. The van der Waals surface area contributed by atoms with Gasteiger partial charge < -0.3 is 24.4 Å².